The minimum Gasteiger partial charge on any atom is -0.478 e. The van der Waals surface area contributed by atoms with Crippen LogP contribution in [0.1, 0.15) is 30.1 Å². The smallest absolute Gasteiger partial charge is 0.337 e. The van der Waals surface area contributed by atoms with Crippen LogP contribution in [0.2, 0.25) is 0 Å². The van der Waals surface area contributed by atoms with Gasteiger partial charge in [-0.05, 0) is 31.9 Å². The lowest BCUT2D eigenvalue weighted by atomic mass is 10.1. The van der Waals surface area contributed by atoms with Gasteiger partial charge in [0.15, 0.2) is 0 Å². The van der Waals surface area contributed by atoms with E-state index in [0.29, 0.717) is 0 Å². The molecule has 0 amide bonds. The van der Waals surface area contributed by atoms with Crippen LogP contribution in [0.5, 0.6) is 0 Å². The van der Waals surface area contributed by atoms with Crippen LogP contribution in [0, 0.1) is 0 Å². The molecule has 1 aromatic rings. The first-order valence-electron chi connectivity index (χ1n) is 6.26. The van der Waals surface area contributed by atoms with Crippen molar-refractivity contribution in [3.63, 3.8) is 0 Å². The minimum absolute atomic E-state index is 0.220. The molecule has 1 fully saturated rings. The Hall–Kier alpha value is -1.62. The number of carbonyl (C=O) groups is 1. The molecule has 1 saturated heterocycles. The van der Waals surface area contributed by atoms with Crippen LogP contribution in [0.3, 0.4) is 0 Å². The van der Waals surface area contributed by atoms with Gasteiger partial charge in [0.2, 0.25) is 0 Å². The van der Waals surface area contributed by atoms with Gasteiger partial charge in [0.05, 0.1) is 11.7 Å². The summed E-state index contributed by atoms with van der Waals surface area (Å²) in [7, 11) is 0. The maximum Gasteiger partial charge on any atom is 0.337 e. The minimum atomic E-state index is -0.945. The Balaban J connectivity index is 2.04. The summed E-state index contributed by atoms with van der Waals surface area (Å²) in [5.74, 6) is -0.121. The van der Waals surface area contributed by atoms with Crippen molar-refractivity contribution < 1.29 is 14.6 Å². The molecule has 1 unspecified atom stereocenters. The van der Waals surface area contributed by atoms with E-state index in [2.05, 4.69) is 9.88 Å². The molecule has 5 heteroatoms. The van der Waals surface area contributed by atoms with Crippen LogP contribution in [0.25, 0.3) is 0 Å². The zero-order valence-electron chi connectivity index (χ0n) is 10.5. The van der Waals surface area contributed by atoms with Gasteiger partial charge in [0.25, 0.3) is 0 Å². The average Bonchev–Trinajstić information content (AvgIpc) is 2.39. The van der Waals surface area contributed by atoms with E-state index in [4.69, 9.17) is 9.84 Å². The predicted octanol–water partition coefficient (Wildman–Crippen LogP) is 1.79. The molecular weight excluding hydrogens is 232 g/mol. The Labute approximate surface area is 106 Å². The van der Waals surface area contributed by atoms with Crippen LogP contribution in [0.15, 0.2) is 18.3 Å². The first-order chi connectivity index (χ1) is 8.70. The number of aromatic carboxylic acids is 1. The number of hydrogen-bond acceptors (Lipinski definition) is 4. The van der Waals surface area contributed by atoms with Crippen LogP contribution in [-0.2, 0) is 4.74 Å². The third-order valence-electron chi connectivity index (χ3n) is 3.10. The summed E-state index contributed by atoms with van der Waals surface area (Å²) >= 11 is 0. The zero-order valence-corrected chi connectivity index (χ0v) is 10.5. The number of pyridine rings is 1. The molecular formula is C13H18N2O3. The fraction of sp³-hybridized carbons (Fsp3) is 0.538. The number of carboxylic acids is 1. The molecule has 0 spiro atoms. The van der Waals surface area contributed by atoms with Crippen LogP contribution in [-0.4, -0.2) is 41.9 Å². The highest BCUT2D eigenvalue weighted by Gasteiger charge is 2.21. The number of carboxylic acid groups (broad SMARTS) is 1. The largest absolute Gasteiger partial charge is 0.478 e. The van der Waals surface area contributed by atoms with E-state index >= 15 is 0 Å². The summed E-state index contributed by atoms with van der Waals surface area (Å²) in [5, 5.41) is 8.82. The first-order valence-corrected chi connectivity index (χ1v) is 6.26. The van der Waals surface area contributed by atoms with Gasteiger partial charge in [-0.2, -0.15) is 0 Å². The first kappa shape index (κ1) is 12.8. The van der Waals surface area contributed by atoms with Gasteiger partial charge in [-0.25, -0.2) is 9.78 Å². The lowest BCUT2D eigenvalue weighted by Crippen LogP contribution is -2.40. The monoisotopic (exact) mass is 250 g/mol. The molecule has 1 N–H and O–H groups in total. The summed E-state index contributed by atoms with van der Waals surface area (Å²) in [4.78, 5) is 17.1. The summed E-state index contributed by atoms with van der Waals surface area (Å²) in [6, 6.07) is 3.35. The number of nitrogens with zero attached hydrogens (tertiary/aromatic N) is 2. The Bertz CT molecular complexity index is 403. The van der Waals surface area contributed by atoms with Gasteiger partial charge in [-0.3, -0.25) is 0 Å². The molecule has 2 rings (SSSR count). The lowest BCUT2D eigenvalue weighted by molar-refractivity contribution is 0.0525. The van der Waals surface area contributed by atoms with Gasteiger partial charge in [-0.1, -0.05) is 0 Å². The van der Waals surface area contributed by atoms with Crippen molar-refractivity contribution >= 4 is 11.8 Å². The number of ether oxygens (including phenoxy) is 1. The van der Waals surface area contributed by atoms with Gasteiger partial charge < -0.3 is 14.7 Å². The molecule has 0 radical (unpaired) electrons. The van der Waals surface area contributed by atoms with Crippen molar-refractivity contribution in [2.75, 3.05) is 24.6 Å². The topological polar surface area (TPSA) is 62.7 Å². The third kappa shape index (κ3) is 2.98. The number of rotatable bonds is 4. The number of hydrogen-bond donors (Lipinski definition) is 1. The van der Waals surface area contributed by atoms with E-state index < -0.39 is 5.97 Å². The molecule has 0 saturated carbocycles. The van der Waals surface area contributed by atoms with Crippen LogP contribution >= 0.6 is 0 Å². The van der Waals surface area contributed by atoms with E-state index in [1.54, 1.807) is 12.1 Å². The van der Waals surface area contributed by atoms with Crippen LogP contribution < -0.4 is 4.90 Å². The molecule has 1 atom stereocenters. The molecule has 2 heterocycles. The second-order valence-electron chi connectivity index (χ2n) is 4.38. The highest BCUT2D eigenvalue weighted by molar-refractivity contribution is 5.87. The van der Waals surface area contributed by atoms with Gasteiger partial charge >= 0.3 is 5.97 Å². The van der Waals surface area contributed by atoms with E-state index in [9.17, 15) is 4.79 Å². The molecule has 1 aromatic heterocycles. The fourth-order valence-corrected chi connectivity index (χ4v) is 2.22. The van der Waals surface area contributed by atoms with Crippen molar-refractivity contribution in [3.05, 3.63) is 23.9 Å². The average molecular weight is 250 g/mol. The van der Waals surface area contributed by atoms with Crippen molar-refractivity contribution in [1.82, 2.24) is 4.98 Å². The van der Waals surface area contributed by atoms with Crippen molar-refractivity contribution in [1.29, 1.82) is 0 Å². The van der Waals surface area contributed by atoms with E-state index in [-0.39, 0.29) is 11.7 Å². The maximum absolute atomic E-state index is 10.8. The Morgan fingerprint density at radius 1 is 1.61 bits per heavy atom. The highest BCUT2D eigenvalue weighted by Crippen LogP contribution is 2.19. The normalized spacial score (nSPS) is 19.8. The zero-order chi connectivity index (χ0) is 13.0. The molecule has 1 aliphatic heterocycles. The Morgan fingerprint density at radius 3 is 3.06 bits per heavy atom. The maximum atomic E-state index is 10.8. The SMILES string of the molecule is CCOC1CCCN(c2ccc(C(=O)O)cn2)C1. The Kier molecular flexibility index (Phi) is 4.15. The Morgan fingerprint density at radius 2 is 2.44 bits per heavy atom. The van der Waals surface area contributed by atoms with Crippen LogP contribution in [0.4, 0.5) is 5.82 Å². The summed E-state index contributed by atoms with van der Waals surface area (Å²) in [6.45, 7) is 4.50. The van der Waals surface area contributed by atoms with Crippen molar-refractivity contribution in [3.8, 4) is 0 Å². The van der Waals surface area contributed by atoms with Crippen molar-refractivity contribution in [2.24, 2.45) is 0 Å². The highest BCUT2D eigenvalue weighted by atomic mass is 16.5. The molecule has 98 valence electrons. The third-order valence-corrected chi connectivity index (χ3v) is 3.10. The van der Waals surface area contributed by atoms with E-state index in [1.165, 1.54) is 6.20 Å². The van der Waals surface area contributed by atoms with E-state index in [0.717, 1.165) is 38.4 Å². The molecule has 0 aliphatic carbocycles. The molecule has 0 aromatic carbocycles. The standard InChI is InChI=1S/C13H18N2O3/c1-2-18-11-4-3-7-15(9-11)12-6-5-10(8-14-12)13(16)17/h5-6,8,11H,2-4,7,9H2,1H3,(H,16,17). The second kappa shape index (κ2) is 5.82. The molecule has 5 nitrogen and oxygen atoms in total. The lowest BCUT2D eigenvalue weighted by Gasteiger charge is -2.33. The van der Waals surface area contributed by atoms with Gasteiger partial charge in [0.1, 0.15) is 5.82 Å². The molecule has 0 bridgehead atoms. The number of aromatic nitrogens is 1. The summed E-state index contributed by atoms with van der Waals surface area (Å²) in [6.07, 6.45) is 3.82. The second-order valence-corrected chi connectivity index (χ2v) is 4.38. The predicted molar refractivity (Wildman–Crippen MR) is 68.1 cm³/mol. The number of piperidine rings is 1. The summed E-state index contributed by atoms with van der Waals surface area (Å²) < 4.78 is 5.63. The summed E-state index contributed by atoms with van der Waals surface area (Å²) in [5.41, 5.74) is 0.220. The quantitative estimate of drug-likeness (QED) is 0.882. The molecule has 1 aliphatic rings. The molecule has 18 heavy (non-hydrogen) atoms. The fourth-order valence-electron chi connectivity index (χ4n) is 2.22. The van der Waals surface area contributed by atoms with Crippen molar-refractivity contribution in [2.45, 2.75) is 25.9 Å². The number of anilines is 1. The van der Waals surface area contributed by atoms with Gasteiger partial charge in [-0.15, -0.1) is 0 Å². The van der Waals surface area contributed by atoms with Gasteiger partial charge in [0, 0.05) is 25.9 Å². The van der Waals surface area contributed by atoms with E-state index in [1.807, 2.05) is 6.92 Å².